The van der Waals surface area contributed by atoms with Gasteiger partial charge in [0.15, 0.2) is 6.04 Å². The van der Waals surface area contributed by atoms with Gasteiger partial charge in [0.1, 0.15) is 0 Å². The number of aliphatic carboxylic acids is 1. The minimum atomic E-state index is -1.37. The van der Waals surface area contributed by atoms with Gasteiger partial charge in [0.25, 0.3) is 5.69 Å². The summed E-state index contributed by atoms with van der Waals surface area (Å²) >= 11 is 0. The third-order valence-electron chi connectivity index (χ3n) is 2.29. The summed E-state index contributed by atoms with van der Waals surface area (Å²) in [6, 6.07) is 4.64. The minimum absolute atomic E-state index is 0.0519. The van der Waals surface area contributed by atoms with E-state index in [1.54, 1.807) is 6.07 Å². The van der Waals surface area contributed by atoms with E-state index in [1.165, 1.54) is 18.2 Å². The predicted molar refractivity (Wildman–Crippen MR) is 58.6 cm³/mol. The first kappa shape index (κ1) is 12.8. The molecule has 1 atom stereocenters. The normalized spacial score (nSPS) is 11.8. The maximum atomic E-state index is 10.7. The summed E-state index contributed by atoms with van der Waals surface area (Å²) in [5.74, 6) is -1.32. The Morgan fingerprint density at radius 3 is 2.65 bits per heavy atom. The van der Waals surface area contributed by atoms with Gasteiger partial charge in [-0.3, -0.25) is 10.1 Å². The second kappa shape index (κ2) is 5.69. The largest absolute Gasteiger partial charge is 0.480 e. The lowest BCUT2D eigenvalue weighted by atomic mass is 10.0. The Kier molecular flexibility index (Phi) is 4.27. The molecular formula is C10H10N2O5. The first-order chi connectivity index (χ1) is 8.06. The lowest BCUT2D eigenvalue weighted by molar-refractivity contribution is -0.385. The van der Waals surface area contributed by atoms with Gasteiger partial charge in [-0.25, -0.2) is 4.79 Å². The number of carbonyl (C=O) groups is 1. The number of rotatable bonds is 6. The van der Waals surface area contributed by atoms with E-state index < -0.39 is 16.9 Å². The number of nitrogens with zero attached hydrogens (tertiary/aromatic N) is 2. The monoisotopic (exact) mass is 238 g/mol. The average Bonchev–Trinajstić information content (AvgIpc) is 2.29. The van der Waals surface area contributed by atoms with Crippen LogP contribution in [0.15, 0.2) is 29.4 Å². The van der Waals surface area contributed by atoms with Gasteiger partial charge in [0.05, 0.1) is 4.92 Å². The van der Waals surface area contributed by atoms with Gasteiger partial charge in [-0.15, -0.1) is 4.91 Å². The summed E-state index contributed by atoms with van der Waals surface area (Å²) in [4.78, 5) is 30.9. The number of nitro groups is 1. The van der Waals surface area contributed by atoms with Gasteiger partial charge in [0, 0.05) is 11.6 Å². The van der Waals surface area contributed by atoms with Gasteiger partial charge in [0.2, 0.25) is 0 Å². The first-order valence-corrected chi connectivity index (χ1v) is 4.84. The van der Waals surface area contributed by atoms with Crippen molar-refractivity contribution in [1.29, 1.82) is 0 Å². The van der Waals surface area contributed by atoms with E-state index in [0.29, 0.717) is 5.56 Å². The molecule has 0 aromatic heterocycles. The molecule has 1 aromatic carbocycles. The Hall–Kier alpha value is -2.31. The minimum Gasteiger partial charge on any atom is -0.480 e. The van der Waals surface area contributed by atoms with E-state index >= 15 is 0 Å². The smallest absolute Gasteiger partial charge is 0.332 e. The fourth-order valence-electron chi connectivity index (χ4n) is 1.41. The van der Waals surface area contributed by atoms with Crippen LogP contribution in [0.5, 0.6) is 0 Å². The van der Waals surface area contributed by atoms with Crippen molar-refractivity contribution in [3.05, 3.63) is 44.9 Å². The summed E-state index contributed by atoms with van der Waals surface area (Å²) < 4.78 is 0. The maximum Gasteiger partial charge on any atom is 0.332 e. The summed E-state index contributed by atoms with van der Waals surface area (Å²) in [5, 5.41) is 21.7. The van der Waals surface area contributed by atoms with E-state index in [-0.39, 0.29) is 18.5 Å². The number of aryl methyl sites for hydroxylation is 1. The molecule has 0 aliphatic carbocycles. The molecule has 0 spiro atoms. The van der Waals surface area contributed by atoms with Crippen LogP contribution in [0.1, 0.15) is 12.0 Å². The van der Waals surface area contributed by atoms with Crippen molar-refractivity contribution in [3.8, 4) is 0 Å². The number of carboxylic acid groups (broad SMARTS) is 1. The van der Waals surface area contributed by atoms with Crippen LogP contribution in [0.2, 0.25) is 0 Å². The molecule has 0 heterocycles. The van der Waals surface area contributed by atoms with Crippen LogP contribution in [-0.2, 0) is 11.2 Å². The van der Waals surface area contributed by atoms with Gasteiger partial charge < -0.3 is 5.11 Å². The first-order valence-electron chi connectivity index (χ1n) is 4.84. The molecule has 0 saturated heterocycles. The van der Waals surface area contributed by atoms with Crippen LogP contribution in [-0.4, -0.2) is 22.0 Å². The predicted octanol–water partition coefficient (Wildman–Crippen LogP) is 1.75. The third kappa shape index (κ3) is 3.33. The highest BCUT2D eigenvalue weighted by Crippen LogP contribution is 2.20. The quantitative estimate of drug-likeness (QED) is 0.461. The summed E-state index contributed by atoms with van der Waals surface area (Å²) in [6.07, 6.45) is 0.0730. The topological polar surface area (TPSA) is 110 Å². The van der Waals surface area contributed by atoms with Crippen molar-refractivity contribution < 1.29 is 14.8 Å². The second-order valence-corrected chi connectivity index (χ2v) is 3.38. The van der Waals surface area contributed by atoms with E-state index in [0.717, 1.165) is 0 Å². The zero-order chi connectivity index (χ0) is 12.8. The number of nitro benzene ring substituents is 1. The lowest BCUT2D eigenvalue weighted by Crippen LogP contribution is -2.18. The van der Waals surface area contributed by atoms with Crippen molar-refractivity contribution in [1.82, 2.24) is 0 Å². The van der Waals surface area contributed by atoms with Gasteiger partial charge in [-0.05, 0) is 12.8 Å². The summed E-state index contributed by atoms with van der Waals surface area (Å²) in [5.41, 5.74) is 0.315. The number of carboxylic acids is 1. The highest BCUT2D eigenvalue weighted by molar-refractivity contribution is 5.73. The molecular weight excluding hydrogens is 228 g/mol. The molecule has 1 unspecified atom stereocenters. The number of benzene rings is 1. The van der Waals surface area contributed by atoms with Gasteiger partial charge in [-0.2, -0.15) is 0 Å². The summed E-state index contributed by atoms with van der Waals surface area (Å²) in [6.45, 7) is 0. The van der Waals surface area contributed by atoms with E-state index in [1.807, 2.05) is 0 Å². The highest BCUT2D eigenvalue weighted by Gasteiger charge is 2.20. The van der Waals surface area contributed by atoms with E-state index in [4.69, 9.17) is 5.11 Å². The molecule has 1 rings (SSSR count). The standard InChI is InChI=1S/C10H10N2O5/c13-10(14)8(11-15)6-5-7-3-1-2-4-9(7)12(16)17/h1-4,8H,5-6H2,(H,13,14). The average molecular weight is 238 g/mol. The van der Waals surface area contributed by atoms with Crippen LogP contribution < -0.4 is 0 Å². The molecule has 90 valence electrons. The van der Waals surface area contributed by atoms with Crippen molar-refractivity contribution in [2.75, 3.05) is 0 Å². The number of hydrogen-bond acceptors (Lipinski definition) is 5. The van der Waals surface area contributed by atoms with Crippen LogP contribution in [0.4, 0.5) is 5.69 Å². The molecule has 17 heavy (non-hydrogen) atoms. The Labute approximate surface area is 96.2 Å². The molecule has 0 fully saturated rings. The van der Waals surface area contributed by atoms with E-state index in [2.05, 4.69) is 5.18 Å². The van der Waals surface area contributed by atoms with Crippen LogP contribution in [0.25, 0.3) is 0 Å². The zero-order valence-electron chi connectivity index (χ0n) is 8.78. The van der Waals surface area contributed by atoms with Crippen molar-refractivity contribution >= 4 is 11.7 Å². The number of hydrogen-bond donors (Lipinski definition) is 1. The fraction of sp³-hybridized carbons (Fsp3) is 0.300. The Morgan fingerprint density at radius 2 is 2.12 bits per heavy atom. The molecule has 1 N–H and O–H groups in total. The maximum absolute atomic E-state index is 10.7. The SMILES string of the molecule is O=NC(CCc1ccccc1[N+](=O)[O-])C(=O)O. The van der Waals surface area contributed by atoms with Crippen molar-refractivity contribution in [2.45, 2.75) is 18.9 Å². The zero-order valence-corrected chi connectivity index (χ0v) is 8.78. The number of para-hydroxylation sites is 1. The molecule has 0 aliphatic rings. The van der Waals surface area contributed by atoms with E-state index in [9.17, 15) is 19.8 Å². The summed E-state index contributed by atoms with van der Waals surface area (Å²) in [7, 11) is 0. The molecule has 0 aliphatic heterocycles. The third-order valence-corrected chi connectivity index (χ3v) is 2.29. The second-order valence-electron chi connectivity index (χ2n) is 3.38. The fourth-order valence-corrected chi connectivity index (χ4v) is 1.41. The molecule has 1 aromatic rings. The highest BCUT2D eigenvalue weighted by atomic mass is 16.6. The number of nitroso groups, excluding NO2 is 1. The van der Waals surface area contributed by atoms with Crippen LogP contribution in [0, 0.1) is 15.0 Å². The molecule has 0 saturated carbocycles. The molecule has 0 bridgehead atoms. The lowest BCUT2D eigenvalue weighted by Gasteiger charge is -2.04. The Balaban J connectivity index is 2.78. The van der Waals surface area contributed by atoms with Crippen molar-refractivity contribution in [2.24, 2.45) is 5.18 Å². The van der Waals surface area contributed by atoms with Crippen LogP contribution >= 0.6 is 0 Å². The van der Waals surface area contributed by atoms with Crippen LogP contribution in [0.3, 0.4) is 0 Å². The van der Waals surface area contributed by atoms with Gasteiger partial charge >= 0.3 is 5.97 Å². The van der Waals surface area contributed by atoms with Gasteiger partial charge in [-0.1, -0.05) is 23.4 Å². The molecule has 0 amide bonds. The molecule has 7 nitrogen and oxygen atoms in total. The molecule has 7 heteroatoms. The Bertz CT molecular complexity index is 446. The van der Waals surface area contributed by atoms with Crippen molar-refractivity contribution in [3.63, 3.8) is 0 Å². The molecule has 0 radical (unpaired) electrons. The Morgan fingerprint density at radius 1 is 1.47 bits per heavy atom.